The van der Waals surface area contributed by atoms with Gasteiger partial charge in [0.2, 0.25) is 0 Å². The van der Waals surface area contributed by atoms with Gasteiger partial charge in [-0.25, -0.2) is 9.97 Å². The molecule has 0 aliphatic rings. The van der Waals surface area contributed by atoms with E-state index >= 15 is 0 Å². The molecule has 2 heterocycles. The Kier molecular flexibility index (Phi) is 8.12. The molecule has 156 valence electrons. The number of hydrogen-bond acceptors (Lipinski definition) is 9. The molecule has 0 saturated carbocycles. The zero-order valence-electron chi connectivity index (χ0n) is 16.3. The van der Waals surface area contributed by atoms with Gasteiger partial charge >= 0.3 is 5.97 Å². The van der Waals surface area contributed by atoms with Gasteiger partial charge in [-0.3, -0.25) is 14.9 Å². The SMILES string of the molecule is CCOC(=O)CSc1cnc(NC(=O)c2ncccc2Sc2ccc(OC)cc2)s1. The van der Waals surface area contributed by atoms with Gasteiger partial charge in [0, 0.05) is 16.0 Å². The van der Waals surface area contributed by atoms with Crippen LogP contribution in [0.3, 0.4) is 0 Å². The van der Waals surface area contributed by atoms with Gasteiger partial charge in [0.25, 0.3) is 5.91 Å². The smallest absolute Gasteiger partial charge is 0.316 e. The zero-order chi connectivity index (χ0) is 21.3. The second-order valence-corrected chi connectivity index (χ2v) is 9.08. The van der Waals surface area contributed by atoms with Crippen LogP contribution in [0.4, 0.5) is 5.13 Å². The molecular weight excluding hydrogens is 442 g/mol. The van der Waals surface area contributed by atoms with Crippen molar-refractivity contribution in [1.29, 1.82) is 0 Å². The molecule has 1 amide bonds. The number of carbonyl (C=O) groups is 2. The van der Waals surface area contributed by atoms with E-state index in [1.54, 1.807) is 32.5 Å². The van der Waals surface area contributed by atoms with E-state index in [1.807, 2.05) is 30.3 Å². The summed E-state index contributed by atoms with van der Waals surface area (Å²) in [6.45, 7) is 2.12. The summed E-state index contributed by atoms with van der Waals surface area (Å²) in [5.74, 6) is 0.341. The third-order valence-electron chi connectivity index (χ3n) is 3.62. The third kappa shape index (κ3) is 6.22. The fourth-order valence-electron chi connectivity index (χ4n) is 2.29. The van der Waals surface area contributed by atoms with E-state index in [0.717, 1.165) is 19.7 Å². The number of nitrogens with one attached hydrogen (secondary N) is 1. The molecule has 0 unspecified atom stereocenters. The molecule has 0 aliphatic carbocycles. The van der Waals surface area contributed by atoms with Crippen LogP contribution in [-0.2, 0) is 9.53 Å². The minimum Gasteiger partial charge on any atom is -0.497 e. The van der Waals surface area contributed by atoms with Gasteiger partial charge in [0.15, 0.2) is 5.13 Å². The highest BCUT2D eigenvalue weighted by Gasteiger charge is 2.16. The average molecular weight is 462 g/mol. The van der Waals surface area contributed by atoms with Gasteiger partial charge in [-0.15, -0.1) is 11.8 Å². The molecule has 30 heavy (non-hydrogen) atoms. The van der Waals surface area contributed by atoms with Crippen LogP contribution >= 0.6 is 34.9 Å². The maximum absolute atomic E-state index is 12.8. The topological polar surface area (TPSA) is 90.4 Å². The van der Waals surface area contributed by atoms with Gasteiger partial charge in [-0.05, 0) is 43.3 Å². The molecule has 3 aromatic rings. The molecule has 0 aliphatic heterocycles. The molecule has 3 rings (SSSR count). The maximum atomic E-state index is 12.8. The molecule has 7 nitrogen and oxygen atoms in total. The van der Waals surface area contributed by atoms with Crippen LogP contribution in [0.2, 0.25) is 0 Å². The Balaban J connectivity index is 1.65. The summed E-state index contributed by atoms with van der Waals surface area (Å²) in [5.41, 5.74) is 0.314. The Morgan fingerprint density at radius 1 is 1.17 bits per heavy atom. The van der Waals surface area contributed by atoms with Crippen LogP contribution < -0.4 is 10.1 Å². The highest BCUT2D eigenvalue weighted by molar-refractivity contribution is 8.01. The fourth-order valence-corrected chi connectivity index (χ4v) is 4.87. The predicted octanol–water partition coefficient (Wildman–Crippen LogP) is 4.61. The molecule has 2 aromatic heterocycles. The average Bonchev–Trinajstić information content (AvgIpc) is 3.20. The Morgan fingerprint density at radius 2 is 1.97 bits per heavy atom. The van der Waals surface area contributed by atoms with Crippen molar-refractivity contribution in [2.24, 2.45) is 0 Å². The molecule has 0 saturated heterocycles. The number of esters is 1. The number of rotatable bonds is 9. The first-order valence-electron chi connectivity index (χ1n) is 8.91. The number of anilines is 1. The number of thiazole rings is 1. The number of benzene rings is 1. The predicted molar refractivity (Wildman–Crippen MR) is 119 cm³/mol. The standard InChI is InChI=1S/C20H19N3O4S3/c1-3-27-16(24)12-28-17-11-22-20(30-17)23-19(25)18-15(5-4-10-21-18)29-14-8-6-13(26-2)7-9-14/h4-11H,3,12H2,1-2H3,(H,22,23,25). The summed E-state index contributed by atoms with van der Waals surface area (Å²) in [5, 5.41) is 3.22. The van der Waals surface area contributed by atoms with Crippen molar-refractivity contribution in [2.45, 2.75) is 20.9 Å². The van der Waals surface area contributed by atoms with E-state index in [-0.39, 0.29) is 17.6 Å². The molecule has 1 N–H and O–H groups in total. The van der Waals surface area contributed by atoms with Gasteiger partial charge in [0.05, 0.1) is 29.9 Å². The summed E-state index contributed by atoms with van der Waals surface area (Å²) < 4.78 is 10.9. The highest BCUT2D eigenvalue weighted by Crippen LogP contribution is 2.32. The quantitative estimate of drug-likeness (QED) is 0.365. The second kappa shape index (κ2) is 11.0. The lowest BCUT2D eigenvalue weighted by Gasteiger charge is -2.08. The first-order chi connectivity index (χ1) is 14.6. The third-order valence-corrected chi connectivity index (χ3v) is 6.75. The Bertz CT molecular complexity index is 1010. The lowest BCUT2D eigenvalue weighted by atomic mass is 10.3. The van der Waals surface area contributed by atoms with E-state index < -0.39 is 0 Å². The van der Waals surface area contributed by atoms with Crippen molar-refractivity contribution in [3.8, 4) is 5.75 Å². The van der Waals surface area contributed by atoms with Crippen LogP contribution in [-0.4, -0.2) is 41.3 Å². The Hall–Kier alpha value is -2.56. The zero-order valence-corrected chi connectivity index (χ0v) is 18.7. The number of aromatic nitrogens is 2. The van der Waals surface area contributed by atoms with Crippen molar-refractivity contribution in [2.75, 3.05) is 24.8 Å². The fraction of sp³-hybridized carbons (Fsp3) is 0.200. The van der Waals surface area contributed by atoms with Crippen molar-refractivity contribution in [3.63, 3.8) is 0 Å². The highest BCUT2D eigenvalue weighted by atomic mass is 32.2. The molecule has 1 aromatic carbocycles. The molecule has 10 heteroatoms. The van der Waals surface area contributed by atoms with Crippen LogP contribution in [0, 0.1) is 0 Å². The lowest BCUT2D eigenvalue weighted by molar-refractivity contribution is -0.139. The normalized spacial score (nSPS) is 10.5. The summed E-state index contributed by atoms with van der Waals surface area (Å²) in [7, 11) is 1.62. The summed E-state index contributed by atoms with van der Waals surface area (Å²) in [6.07, 6.45) is 3.20. The maximum Gasteiger partial charge on any atom is 0.316 e. The van der Waals surface area contributed by atoms with Crippen molar-refractivity contribution >= 4 is 51.9 Å². The van der Waals surface area contributed by atoms with Gasteiger partial charge in [-0.2, -0.15) is 0 Å². The number of hydrogen-bond donors (Lipinski definition) is 1. The number of methoxy groups -OCH3 is 1. The van der Waals surface area contributed by atoms with E-state index in [4.69, 9.17) is 9.47 Å². The van der Waals surface area contributed by atoms with E-state index in [0.29, 0.717) is 17.4 Å². The van der Waals surface area contributed by atoms with Gasteiger partial charge in [-0.1, -0.05) is 23.1 Å². The molecule has 0 fully saturated rings. The van der Waals surface area contributed by atoms with E-state index in [9.17, 15) is 9.59 Å². The second-order valence-electron chi connectivity index (χ2n) is 5.66. The minimum atomic E-state index is -0.345. The first kappa shape index (κ1) is 22.1. The molecule has 0 atom stereocenters. The van der Waals surface area contributed by atoms with Crippen molar-refractivity contribution in [3.05, 3.63) is 54.5 Å². The van der Waals surface area contributed by atoms with E-state index in [1.165, 1.54) is 34.9 Å². The Labute approximate surface area is 186 Å². The van der Waals surface area contributed by atoms with Crippen LogP contribution in [0.1, 0.15) is 17.4 Å². The molecule has 0 bridgehead atoms. The molecule has 0 radical (unpaired) electrons. The van der Waals surface area contributed by atoms with Crippen LogP contribution in [0.5, 0.6) is 5.75 Å². The molecular formula is C20H19N3O4S3. The summed E-state index contributed by atoms with van der Waals surface area (Å²) in [6, 6.07) is 11.2. The number of pyridine rings is 1. The number of amides is 1. The Morgan fingerprint density at radius 3 is 2.70 bits per heavy atom. The first-order valence-corrected chi connectivity index (χ1v) is 11.5. The van der Waals surface area contributed by atoms with Gasteiger partial charge < -0.3 is 9.47 Å². The number of ether oxygens (including phenoxy) is 2. The lowest BCUT2D eigenvalue weighted by Crippen LogP contribution is -2.14. The van der Waals surface area contributed by atoms with Crippen LogP contribution in [0.25, 0.3) is 0 Å². The minimum absolute atomic E-state index is 0.201. The number of thioether (sulfide) groups is 1. The molecule has 0 spiro atoms. The monoisotopic (exact) mass is 461 g/mol. The van der Waals surface area contributed by atoms with Crippen LogP contribution in [0.15, 0.2) is 62.8 Å². The van der Waals surface area contributed by atoms with Gasteiger partial charge in [0.1, 0.15) is 11.4 Å². The van der Waals surface area contributed by atoms with Crippen molar-refractivity contribution < 1.29 is 19.1 Å². The largest absolute Gasteiger partial charge is 0.497 e. The number of carbonyl (C=O) groups excluding carboxylic acids is 2. The summed E-state index contributed by atoms with van der Waals surface area (Å²) >= 11 is 4.06. The van der Waals surface area contributed by atoms with Crippen molar-refractivity contribution in [1.82, 2.24) is 9.97 Å². The van der Waals surface area contributed by atoms with E-state index in [2.05, 4.69) is 15.3 Å². The number of nitrogens with zero attached hydrogens (tertiary/aromatic N) is 2. The summed E-state index contributed by atoms with van der Waals surface area (Å²) in [4.78, 5) is 34.4.